The molecular formula is C20H24O9. The fourth-order valence-corrected chi connectivity index (χ4v) is 3.00. The third kappa shape index (κ3) is 4.62. The van der Waals surface area contributed by atoms with E-state index in [1.54, 1.807) is 19.1 Å². The van der Waals surface area contributed by atoms with E-state index >= 15 is 0 Å². The van der Waals surface area contributed by atoms with Crippen LogP contribution in [-0.4, -0.2) is 44.1 Å². The quantitative estimate of drug-likeness (QED) is 0.599. The van der Waals surface area contributed by atoms with E-state index in [9.17, 15) is 19.8 Å². The topological polar surface area (TPSA) is 125 Å². The number of ether oxygens (including phenoxy) is 4. The van der Waals surface area contributed by atoms with Gasteiger partial charge in [0.15, 0.2) is 17.3 Å². The van der Waals surface area contributed by atoms with E-state index in [2.05, 4.69) is 0 Å². The van der Waals surface area contributed by atoms with Gasteiger partial charge in [-0.3, -0.25) is 9.59 Å². The van der Waals surface area contributed by atoms with Crippen LogP contribution in [0.5, 0.6) is 23.0 Å². The molecule has 1 unspecified atom stereocenters. The summed E-state index contributed by atoms with van der Waals surface area (Å²) in [5.74, 6) is -1.57. The molecule has 0 saturated heterocycles. The largest absolute Gasteiger partial charge is 0.502 e. The monoisotopic (exact) mass is 408 g/mol. The van der Waals surface area contributed by atoms with Crippen molar-refractivity contribution in [3.63, 3.8) is 0 Å². The third-order valence-electron chi connectivity index (χ3n) is 4.26. The zero-order valence-electron chi connectivity index (χ0n) is 16.7. The maximum Gasteiger partial charge on any atom is 0.306 e. The Labute approximate surface area is 167 Å². The summed E-state index contributed by atoms with van der Waals surface area (Å²) in [6, 6.07) is 4.18. The molecule has 0 bridgehead atoms. The molecule has 0 amide bonds. The highest BCUT2D eigenvalue weighted by Crippen LogP contribution is 2.46. The van der Waals surface area contributed by atoms with Crippen LogP contribution in [0.25, 0.3) is 0 Å². The van der Waals surface area contributed by atoms with Gasteiger partial charge in [0.2, 0.25) is 16.9 Å². The minimum Gasteiger partial charge on any atom is -0.502 e. The lowest BCUT2D eigenvalue weighted by Gasteiger charge is -2.22. The van der Waals surface area contributed by atoms with Gasteiger partial charge in [-0.15, -0.1) is 0 Å². The molecule has 2 aromatic rings. The number of benzene rings is 1. The Morgan fingerprint density at radius 3 is 2.38 bits per heavy atom. The predicted octanol–water partition coefficient (Wildman–Crippen LogP) is 1.95. The minimum atomic E-state index is -0.956. The Hall–Kier alpha value is -3.20. The second kappa shape index (κ2) is 9.83. The fourth-order valence-electron chi connectivity index (χ4n) is 3.00. The van der Waals surface area contributed by atoms with Gasteiger partial charge in [-0.1, -0.05) is 6.07 Å². The first-order valence-corrected chi connectivity index (χ1v) is 8.82. The van der Waals surface area contributed by atoms with Crippen LogP contribution in [0.2, 0.25) is 0 Å². The number of carbonyl (C=O) groups is 1. The van der Waals surface area contributed by atoms with Gasteiger partial charge in [0.1, 0.15) is 12.4 Å². The third-order valence-corrected chi connectivity index (χ3v) is 4.26. The molecule has 1 heterocycles. The van der Waals surface area contributed by atoms with Gasteiger partial charge in [0.25, 0.3) is 0 Å². The molecule has 29 heavy (non-hydrogen) atoms. The Morgan fingerprint density at radius 2 is 1.83 bits per heavy atom. The predicted molar refractivity (Wildman–Crippen MR) is 102 cm³/mol. The van der Waals surface area contributed by atoms with Crippen molar-refractivity contribution >= 4 is 5.97 Å². The van der Waals surface area contributed by atoms with Gasteiger partial charge in [-0.2, -0.15) is 0 Å². The zero-order valence-corrected chi connectivity index (χ0v) is 16.7. The highest BCUT2D eigenvalue weighted by Gasteiger charge is 2.31. The van der Waals surface area contributed by atoms with E-state index in [1.165, 1.54) is 21.3 Å². The van der Waals surface area contributed by atoms with Crippen molar-refractivity contribution in [2.24, 2.45) is 0 Å². The molecule has 2 N–H and O–H groups in total. The Bertz CT molecular complexity index is 917. The molecule has 0 aliphatic rings. The molecule has 1 atom stereocenters. The molecule has 0 fully saturated rings. The summed E-state index contributed by atoms with van der Waals surface area (Å²) >= 11 is 0. The van der Waals surface area contributed by atoms with Gasteiger partial charge in [0.05, 0.1) is 40.3 Å². The van der Waals surface area contributed by atoms with E-state index in [1.807, 2.05) is 0 Å². The molecule has 2 rings (SSSR count). The molecule has 9 nitrogen and oxygen atoms in total. The second-order valence-electron chi connectivity index (χ2n) is 5.93. The lowest BCUT2D eigenvalue weighted by molar-refractivity contribution is -0.143. The summed E-state index contributed by atoms with van der Waals surface area (Å²) in [5.41, 5.74) is -0.352. The van der Waals surface area contributed by atoms with Crippen LogP contribution in [0, 0.1) is 0 Å². The summed E-state index contributed by atoms with van der Waals surface area (Å²) in [5, 5.41) is 19.7. The average molecular weight is 408 g/mol. The number of esters is 1. The van der Waals surface area contributed by atoms with Crippen molar-refractivity contribution in [1.29, 1.82) is 0 Å². The summed E-state index contributed by atoms with van der Waals surface area (Å²) in [6.07, 6.45) is -0.259. The van der Waals surface area contributed by atoms with Gasteiger partial charge in [0, 0.05) is 11.6 Å². The number of aliphatic hydroxyl groups is 1. The van der Waals surface area contributed by atoms with Crippen molar-refractivity contribution in [2.75, 3.05) is 27.9 Å². The first kappa shape index (κ1) is 22.1. The van der Waals surface area contributed by atoms with E-state index in [-0.39, 0.29) is 36.0 Å². The van der Waals surface area contributed by atoms with Gasteiger partial charge >= 0.3 is 5.97 Å². The van der Waals surface area contributed by atoms with E-state index in [4.69, 9.17) is 23.4 Å². The second-order valence-corrected chi connectivity index (χ2v) is 5.93. The van der Waals surface area contributed by atoms with Crippen LogP contribution in [0.1, 0.15) is 36.3 Å². The molecule has 0 spiro atoms. The summed E-state index contributed by atoms with van der Waals surface area (Å²) in [4.78, 5) is 24.4. The molecule has 0 radical (unpaired) electrons. The number of methoxy groups -OCH3 is 3. The Balaban J connectivity index is 2.75. The van der Waals surface area contributed by atoms with Crippen molar-refractivity contribution in [3.05, 3.63) is 45.5 Å². The number of hydrogen-bond acceptors (Lipinski definition) is 9. The Kier molecular flexibility index (Phi) is 7.49. The number of hydrogen-bond donors (Lipinski definition) is 2. The minimum absolute atomic E-state index is 0.0592. The van der Waals surface area contributed by atoms with Crippen LogP contribution in [0.3, 0.4) is 0 Å². The zero-order chi connectivity index (χ0) is 21.6. The molecular weight excluding hydrogens is 384 g/mol. The molecule has 0 aliphatic heterocycles. The molecule has 1 aromatic carbocycles. The lowest BCUT2D eigenvalue weighted by Crippen LogP contribution is -2.16. The van der Waals surface area contributed by atoms with Gasteiger partial charge in [-0.05, 0) is 13.0 Å². The summed E-state index contributed by atoms with van der Waals surface area (Å²) in [6.45, 7) is 1.26. The van der Waals surface area contributed by atoms with E-state index in [0.717, 1.165) is 6.07 Å². The highest BCUT2D eigenvalue weighted by atomic mass is 16.5. The van der Waals surface area contributed by atoms with Crippen molar-refractivity contribution in [1.82, 2.24) is 0 Å². The summed E-state index contributed by atoms with van der Waals surface area (Å²) in [7, 11) is 4.29. The Morgan fingerprint density at radius 1 is 1.14 bits per heavy atom. The fraction of sp³-hybridized carbons (Fsp3) is 0.400. The van der Waals surface area contributed by atoms with Crippen LogP contribution in [0.15, 0.2) is 27.4 Å². The van der Waals surface area contributed by atoms with Crippen molar-refractivity contribution < 1.29 is 38.4 Å². The van der Waals surface area contributed by atoms with Crippen LogP contribution in [-0.2, 0) is 16.1 Å². The van der Waals surface area contributed by atoms with Gasteiger partial charge < -0.3 is 33.6 Å². The lowest BCUT2D eigenvalue weighted by atomic mass is 9.90. The number of rotatable bonds is 9. The maximum absolute atomic E-state index is 12.3. The van der Waals surface area contributed by atoms with E-state index in [0.29, 0.717) is 11.3 Å². The van der Waals surface area contributed by atoms with Gasteiger partial charge in [-0.25, -0.2) is 0 Å². The first-order valence-electron chi connectivity index (χ1n) is 8.82. The van der Waals surface area contributed by atoms with Crippen LogP contribution in [0.4, 0.5) is 0 Å². The number of carbonyl (C=O) groups excluding carboxylic acids is 1. The smallest absolute Gasteiger partial charge is 0.306 e. The first-order chi connectivity index (χ1) is 13.9. The molecule has 158 valence electrons. The standard InChI is InChI=1S/C20H24O9/c1-5-28-16(23)9-13(18-17(24)14(22)8-11(10-21)29-18)12-6-7-15(25-2)20(27-4)19(12)26-3/h6-8,13,21,24H,5,9-10H2,1-4H3. The average Bonchev–Trinajstić information content (AvgIpc) is 2.73. The normalized spacial score (nSPS) is 11.6. The molecule has 0 aliphatic carbocycles. The molecule has 0 saturated carbocycles. The summed E-state index contributed by atoms with van der Waals surface area (Å²) < 4.78 is 26.7. The van der Waals surface area contributed by atoms with Crippen LogP contribution < -0.4 is 19.6 Å². The van der Waals surface area contributed by atoms with Crippen molar-refractivity contribution in [2.45, 2.75) is 25.9 Å². The maximum atomic E-state index is 12.3. The SMILES string of the molecule is CCOC(=O)CC(c1ccc(OC)c(OC)c1OC)c1oc(CO)cc(=O)c1O. The number of aliphatic hydroxyl groups excluding tert-OH is 1. The van der Waals surface area contributed by atoms with Crippen molar-refractivity contribution in [3.8, 4) is 23.0 Å². The highest BCUT2D eigenvalue weighted by molar-refractivity contribution is 5.72. The number of aromatic hydroxyl groups is 1. The molecule has 9 heteroatoms. The van der Waals surface area contributed by atoms with E-state index < -0.39 is 29.7 Å². The molecule has 1 aromatic heterocycles. The van der Waals surface area contributed by atoms with Crippen LogP contribution >= 0.6 is 0 Å².